The number of carbonyl (C=O) groups is 1. The van der Waals surface area contributed by atoms with E-state index in [4.69, 9.17) is 0 Å². The minimum absolute atomic E-state index is 0.0768. The first kappa shape index (κ1) is 15.7. The molecule has 19 heavy (non-hydrogen) atoms. The van der Waals surface area contributed by atoms with E-state index in [0.29, 0.717) is 12.2 Å². The number of unbranched alkanes of at least 4 members (excludes halogenated alkanes) is 5. The summed E-state index contributed by atoms with van der Waals surface area (Å²) in [6.07, 6.45) is 7.81. The van der Waals surface area contributed by atoms with Gasteiger partial charge in [-0.1, -0.05) is 39.0 Å². The van der Waals surface area contributed by atoms with Crippen molar-refractivity contribution in [1.82, 2.24) is 4.98 Å². The second-order valence-corrected chi connectivity index (χ2v) is 5.24. The van der Waals surface area contributed by atoms with Crippen LogP contribution in [0.15, 0.2) is 12.1 Å². The second kappa shape index (κ2) is 8.68. The van der Waals surface area contributed by atoms with Crippen molar-refractivity contribution >= 4 is 11.7 Å². The van der Waals surface area contributed by atoms with Crippen molar-refractivity contribution < 1.29 is 4.79 Å². The van der Waals surface area contributed by atoms with Gasteiger partial charge in [-0.25, -0.2) is 4.98 Å². The smallest absolute Gasteiger partial charge is 0.225 e. The van der Waals surface area contributed by atoms with E-state index < -0.39 is 0 Å². The van der Waals surface area contributed by atoms with Gasteiger partial charge in [0.2, 0.25) is 5.91 Å². The molecule has 0 saturated heterocycles. The molecule has 1 aromatic heterocycles. The van der Waals surface area contributed by atoms with Crippen LogP contribution in [-0.2, 0) is 4.79 Å². The number of carbonyl (C=O) groups excluding carboxylic acids is 1. The first-order valence-corrected chi connectivity index (χ1v) is 7.37. The van der Waals surface area contributed by atoms with Crippen LogP contribution in [0, 0.1) is 13.8 Å². The predicted molar refractivity (Wildman–Crippen MR) is 80.3 cm³/mol. The van der Waals surface area contributed by atoms with Gasteiger partial charge < -0.3 is 5.32 Å². The van der Waals surface area contributed by atoms with Gasteiger partial charge in [-0.15, -0.1) is 0 Å². The molecule has 1 heterocycles. The van der Waals surface area contributed by atoms with Gasteiger partial charge >= 0.3 is 0 Å². The molecule has 0 saturated carbocycles. The Morgan fingerprint density at radius 3 is 2.47 bits per heavy atom. The molecule has 0 aromatic carbocycles. The maximum atomic E-state index is 11.8. The Kier molecular flexibility index (Phi) is 7.16. The average molecular weight is 262 g/mol. The molecule has 1 N–H and O–H groups in total. The molecule has 0 spiro atoms. The number of nitrogens with one attached hydrogen (secondary N) is 1. The molecule has 0 aliphatic rings. The Morgan fingerprint density at radius 1 is 1.11 bits per heavy atom. The number of aromatic nitrogens is 1. The van der Waals surface area contributed by atoms with Crippen LogP contribution in [0.3, 0.4) is 0 Å². The summed E-state index contributed by atoms with van der Waals surface area (Å²) in [6.45, 7) is 6.17. The summed E-state index contributed by atoms with van der Waals surface area (Å²) in [7, 11) is 0. The van der Waals surface area contributed by atoms with E-state index >= 15 is 0 Å². The summed E-state index contributed by atoms with van der Waals surface area (Å²) in [5.74, 6) is 0.751. The van der Waals surface area contributed by atoms with Gasteiger partial charge in [-0.2, -0.15) is 0 Å². The summed E-state index contributed by atoms with van der Waals surface area (Å²) in [5, 5.41) is 2.88. The fourth-order valence-electron chi connectivity index (χ4n) is 2.18. The molecule has 0 aliphatic carbocycles. The highest BCUT2D eigenvalue weighted by atomic mass is 16.1. The first-order valence-electron chi connectivity index (χ1n) is 7.37. The van der Waals surface area contributed by atoms with Crippen molar-refractivity contribution in [2.24, 2.45) is 0 Å². The molecule has 0 atom stereocenters. The summed E-state index contributed by atoms with van der Waals surface area (Å²) in [6, 6.07) is 3.91. The molecule has 0 aliphatic heterocycles. The Labute approximate surface area is 116 Å². The third kappa shape index (κ3) is 6.94. The molecule has 1 amide bonds. The van der Waals surface area contributed by atoms with Crippen molar-refractivity contribution in [3.05, 3.63) is 23.4 Å². The van der Waals surface area contributed by atoms with Crippen LogP contribution in [0.1, 0.15) is 63.1 Å². The van der Waals surface area contributed by atoms with Crippen molar-refractivity contribution in [3.63, 3.8) is 0 Å². The Balaban J connectivity index is 2.23. The van der Waals surface area contributed by atoms with E-state index in [-0.39, 0.29) is 5.91 Å². The molecule has 0 unspecified atom stereocenters. The van der Waals surface area contributed by atoms with Crippen LogP contribution in [0.5, 0.6) is 0 Å². The van der Waals surface area contributed by atoms with Crippen LogP contribution in [0.2, 0.25) is 0 Å². The number of rotatable bonds is 8. The zero-order valence-electron chi connectivity index (χ0n) is 12.5. The Bertz CT molecular complexity index is 381. The molecule has 0 radical (unpaired) electrons. The van der Waals surface area contributed by atoms with Crippen LogP contribution < -0.4 is 5.32 Å². The topological polar surface area (TPSA) is 42.0 Å². The van der Waals surface area contributed by atoms with Gasteiger partial charge in [-0.05, 0) is 38.0 Å². The van der Waals surface area contributed by atoms with Gasteiger partial charge in [0.1, 0.15) is 5.82 Å². The average Bonchev–Trinajstić information content (AvgIpc) is 2.32. The van der Waals surface area contributed by atoms with E-state index in [1.165, 1.54) is 25.7 Å². The van der Waals surface area contributed by atoms with Crippen molar-refractivity contribution in [2.45, 2.75) is 65.7 Å². The maximum Gasteiger partial charge on any atom is 0.225 e. The van der Waals surface area contributed by atoms with Gasteiger partial charge in [0.25, 0.3) is 0 Å². The zero-order valence-corrected chi connectivity index (χ0v) is 12.5. The minimum atomic E-state index is 0.0768. The number of aryl methyl sites for hydroxylation is 2. The lowest BCUT2D eigenvalue weighted by molar-refractivity contribution is -0.116. The summed E-state index contributed by atoms with van der Waals surface area (Å²) in [5.41, 5.74) is 2.07. The molecule has 3 nitrogen and oxygen atoms in total. The number of amides is 1. The van der Waals surface area contributed by atoms with Gasteiger partial charge in [0.05, 0.1) is 0 Å². The highest BCUT2D eigenvalue weighted by molar-refractivity contribution is 5.89. The van der Waals surface area contributed by atoms with Crippen molar-refractivity contribution in [3.8, 4) is 0 Å². The molecule has 106 valence electrons. The van der Waals surface area contributed by atoms with E-state index in [1.807, 2.05) is 26.0 Å². The number of hydrogen-bond donors (Lipinski definition) is 1. The quantitative estimate of drug-likeness (QED) is 0.706. The van der Waals surface area contributed by atoms with Crippen molar-refractivity contribution in [2.75, 3.05) is 5.32 Å². The SMILES string of the molecule is CCCCCCCCC(=O)Nc1cc(C)cc(C)n1. The Hall–Kier alpha value is -1.38. The highest BCUT2D eigenvalue weighted by Crippen LogP contribution is 2.11. The van der Waals surface area contributed by atoms with E-state index in [1.54, 1.807) is 0 Å². The van der Waals surface area contributed by atoms with Crippen LogP contribution in [-0.4, -0.2) is 10.9 Å². The molecule has 1 rings (SSSR count). The number of anilines is 1. The fourth-order valence-corrected chi connectivity index (χ4v) is 2.18. The third-order valence-electron chi connectivity index (χ3n) is 3.12. The van der Waals surface area contributed by atoms with Crippen LogP contribution >= 0.6 is 0 Å². The van der Waals surface area contributed by atoms with E-state index in [9.17, 15) is 4.79 Å². The van der Waals surface area contributed by atoms with Crippen molar-refractivity contribution in [1.29, 1.82) is 0 Å². The third-order valence-corrected chi connectivity index (χ3v) is 3.12. The molecule has 3 heteroatoms. The zero-order chi connectivity index (χ0) is 14.1. The lowest BCUT2D eigenvalue weighted by atomic mass is 10.1. The molecule has 0 bridgehead atoms. The number of nitrogens with zero attached hydrogens (tertiary/aromatic N) is 1. The van der Waals surface area contributed by atoms with Gasteiger partial charge in [0.15, 0.2) is 0 Å². The van der Waals surface area contributed by atoms with E-state index in [2.05, 4.69) is 17.2 Å². The summed E-state index contributed by atoms with van der Waals surface area (Å²) < 4.78 is 0. The summed E-state index contributed by atoms with van der Waals surface area (Å²) in [4.78, 5) is 16.1. The monoisotopic (exact) mass is 262 g/mol. The van der Waals surface area contributed by atoms with Crippen LogP contribution in [0.4, 0.5) is 5.82 Å². The predicted octanol–water partition coefficient (Wildman–Crippen LogP) is 4.39. The molecular formula is C16H26N2O. The first-order chi connectivity index (χ1) is 9.11. The lowest BCUT2D eigenvalue weighted by Crippen LogP contribution is -2.12. The standard InChI is InChI=1S/C16H26N2O/c1-4-5-6-7-8-9-10-16(19)18-15-12-13(2)11-14(3)17-15/h11-12H,4-10H2,1-3H3,(H,17,18,19). The highest BCUT2D eigenvalue weighted by Gasteiger charge is 2.04. The molecular weight excluding hydrogens is 236 g/mol. The maximum absolute atomic E-state index is 11.8. The normalized spacial score (nSPS) is 10.5. The second-order valence-electron chi connectivity index (χ2n) is 5.24. The number of pyridine rings is 1. The molecule has 1 aromatic rings. The Morgan fingerprint density at radius 2 is 1.79 bits per heavy atom. The van der Waals surface area contributed by atoms with Gasteiger partial charge in [0, 0.05) is 12.1 Å². The summed E-state index contributed by atoms with van der Waals surface area (Å²) >= 11 is 0. The van der Waals surface area contributed by atoms with Crippen LogP contribution in [0.25, 0.3) is 0 Å². The number of hydrogen-bond acceptors (Lipinski definition) is 2. The van der Waals surface area contributed by atoms with Gasteiger partial charge in [-0.3, -0.25) is 4.79 Å². The lowest BCUT2D eigenvalue weighted by Gasteiger charge is -2.06. The van der Waals surface area contributed by atoms with E-state index in [0.717, 1.165) is 24.1 Å². The largest absolute Gasteiger partial charge is 0.311 e. The fraction of sp³-hybridized carbons (Fsp3) is 0.625. The molecule has 0 fully saturated rings. The minimum Gasteiger partial charge on any atom is -0.311 e.